The number of hydrogen-bond acceptors (Lipinski definition) is 8. The van der Waals surface area contributed by atoms with Crippen LogP contribution in [-0.2, 0) is 36.8 Å². The second-order valence-corrected chi connectivity index (χ2v) is 12.4. The number of carbonyl (C=O) groups is 6. The third-order valence-electron chi connectivity index (χ3n) is 7.67. The van der Waals surface area contributed by atoms with Crippen molar-refractivity contribution in [2.75, 3.05) is 12.4 Å². The predicted octanol–water partition coefficient (Wildman–Crippen LogP) is 1.11. The number of aromatic amines is 1. The SMILES string of the molecule is CC(C)C[C@H](NC(=O)[C@H](Cc1c[nH]c2ccccc12)N(N=O)C(=O)NCCCl)C(=O)N[C@@H](CC(N)=O)C(=O)N[C@@H](Cc1ccccc1)C(N)=O. The number of nitrogens with two attached hydrogens (primary N) is 2. The fraction of sp³-hybridized carbons (Fsp3) is 0.394. The number of carbonyl (C=O) groups excluding carboxylic acids is 6. The molecule has 2 aromatic carbocycles. The molecule has 0 spiro atoms. The molecule has 9 N–H and O–H groups in total. The fourth-order valence-corrected chi connectivity index (χ4v) is 5.36. The molecule has 0 radical (unpaired) electrons. The molecular formula is C33H42ClN9O7. The van der Waals surface area contributed by atoms with E-state index in [9.17, 15) is 33.7 Å². The van der Waals surface area contributed by atoms with Gasteiger partial charge in [0.15, 0.2) is 0 Å². The highest BCUT2D eigenvalue weighted by Gasteiger charge is 2.36. The van der Waals surface area contributed by atoms with Crippen LogP contribution in [0.3, 0.4) is 0 Å². The number of nitroso groups, excluding NO2 is 1. The van der Waals surface area contributed by atoms with Crippen LogP contribution in [0.15, 0.2) is 66.1 Å². The molecule has 0 unspecified atom stereocenters. The number of nitrogens with one attached hydrogen (secondary N) is 5. The molecule has 4 atom stereocenters. The zero-order valence-corrected chi connectivity index (χ0v) is 28.4. The average molecular weight is 712 g/mol. The molecule has 1 heterocycles. The summed E-state index contributed by atoms with van der Waals surface area (Å²) in [6, 6.07) is 9.40. The lowest BCUT2D eigenvalue weighted by atomic mass is 10.00. The zero-order chi connectivity index (χ0) is 36.8. The van der Waals surface area contributed by atoms with Gasteiger partial charge in [-0.25, -0.2) is 4.79 Å². The maximum absolute atomic E-state index is 13.9. The number of alkyl halides is 1. The molecule has 268 valence electrons. The highest BCUT2D eigenvalue weighted by atomic mass is 35.5. The maximum atomic E-state index is 13.9. The molecule has 0 saturated heterocycles. The molecule has 0 aliphatic carbocycles. The van der Waals surface area contributed by atoms with Crippen molar-refractivity contribution in [1.29, 1.82) is 0 Å². The zero-order valence-electron chi connectivity index (χ0n) is 27.7. The molecule has 0 aliphatic rings. The van der Waals surface area contributed by atoms with Gasteiger partial charge in [-0.1, -0.05) is 62.4 Å². The van der Waals surface area contributed by atoms with Crippen LogP contribution in [0.5, 0.6) is 0 Å². The molecule has 0 fully saturated rings. The monoisotopic (exact) mass is 711 g/mol. The van der Waals surface area contributed by atoms with E-state index < -0.39 is 66.2 Å². The first kappa shape index (κ1) is 38.9. The molecule has 17 heteroatoms. The second-order valence-electron chi connectivity index (χ2n) is 12.0. The summed E-state index contributed by atoms with van der Waals surface area (Å²) in [4.78, 5) is 93.1. The smallest absolute Gasteiger partial charge is 0.341 e. The van der Waals surface area contributed by atoms with Gasteiger partial charge in [-0.3, -0.25) is 24.0 Å². The topological polar surface area (TPSA) is 251 Å². The van der Waals surface area contributed by atoms with E-state index in [2.05, 4.69) is 31.5 Å². The van der Waals surface area contributed by atoms with E-state index in [1.807, 2.05) is 12.1 Å². The van der Waals surface area contributed by atoms with Crippen molar-refractivity contribution in [2.45, 2.75) is 63.7 Å². The van der Waals surface area contributed by atoms with E-state index in [1.54, 1.807) is 62.5 Å². The van der Waals surface area contributed by atoms with Crippen LogP contribution >= 0.6 is 11.6 Å². The second kappa shape index (κ2) is 18.9. The lowest BCUT2D eigenvalue weighted by Crippen LogP contribution is -2.59. The van der Waals surface area contributed by atoms with Crippen molar-refractivity contribution in [3.63, 3.8) is 0 Å². The molecule has 0 aliphatic heterocycles. The first-order valence-corrected chi connectivity index (χ1v) is 16.4. The third-order valence-corrected chi connectivity index (χ3v) is 7.86. The van der Waals surface area contributed by atoms with Gasteiger partial charge in [0.25, 0.3) is 0 Å². The van der Waals surface area contributed by atoms with E-state index in [0.29, 0.717) is 16.1 Å². The normalized spacial score (nSPS) is 13.4. The lowest BCUT2D eigenvalue weighted by molar-refractivity contribution is -0.135. The van der Waals surface area contributed by atoms with E-state index in [1.165, 1.54) is 0 Å². The Morgan fingerprint density at radius 1 is 0.840 bits per heavy atom. The molecule has 0 bridgehead atoms. The first-order valence-electron chi connectivity index (χ1n) is 15.9. The average Bonchev–Trinajstić information content (AvgIpc) is 3.48. The number of rotatable bonds is 19. The van der Waals surface area contributed by atoms with Gasteiger partial charge < -0.3 is 37.7 Å². The van der Waals surface area contributed by atoms with Crippen LogP contribution in [0.2, 0.25) is 0 Å². The Morgan fingerprint density at radius 2 is 1.46 bits per heavy atom. The van der Waals surface area contributed by atoms with Crippen molar-refractivity contribution in [3.05, 3.63) is 76.8 Å². The Hall–Kier alpha value is -5.51. The molecule has 0 saturated carbocycles. The van der Waals surface area contributed by atoms with Gasteiger partial charge in [0.2, 0.25) is 29.5 Å². The minimum Gasteiger partial charge on any atom is -0.370 e. The summed E-state index contributed by atoms with van der Waals surface area (Å²) in [6.45, 7) is 3.55. The number of urea groups is 1. The third kappa shape index (κ3) is 11.3. The number of primary amides is 2. The highest BCUT2D eigenvalue weighted by Crippen LogP contribution is 2.21. The number of amides is 7. The summed E-state index contributed by atoms with van der Waals surface area (Å²) in [6.07, 6.45) is 0.918. The molecular weight excluding hydrogens is 670 g/mol. The van der Waals surface area contributed by atoms with Crippen molar-refractivity contribution in [3.8, 4) is 0 Å². The van der Waals surface area contributed by atoms with Gasteiger partial charge in [-0.15, -0.1) is 16.5 Å². The van der Waals surface area contributed by atoms with Crippen LogP contribution in [0.4, 0.5) is 4.79 Å². The summed E-state index contributed by atoms with van der Waals surface area (Å²) in [5, 5.41) is 13.9. The first-order chi connectivity index (χ1) is 23.8. The summed E-state index contributed by atoms with van der Waals surface area (Å²) < 4.78 is 0. The Morgan fingerprint density at radius 3 is 2.08 bits per heavy atom. The number of benzene rings is 2. The largest absolute Gasteiger partial charge is 0.370 e. The molecule has 7 amide bonds. The lowest BCUT2D eigenvalue weighted by Gasteiger charge is -2.28. The number of aromatic nitrogens is 1. The van der Waals surface area contributed by atoms with E-state index in [-0.39, 0.29) is 37.6 Å². The number of para-hydroxylation sites is 1. The van der Waals surface area contributed by atoms with Crippen molar-refractivity contribution >= 4 is 58.1 Å². The van der Waals surface area contributed by atoms with Crippen molar-refractivity contribution < 1.29 is 28.8 Å². The highest BCUT2D eigenvalue weighted by molar-refractivity contribution is 6.18. The molecule has 16 nitrogen and oxygen atoms in total. The van der Waals surface area contributed by atoms with Crippen LogP contribution in [0.25, 0.3) is 10.9 Å². The Balaban J connectivity index is 1.87. The summed E-state index contributed by atoms with van der Waals surface area (Å²) in [5.74, 6) is -4.60. The van der Waals surface area contributed by atoms with Crippen molar-refractivity contribution in [2.24, 2.45) is 22.7 Å². The minimum atomic E-state index is -1.54. The summed E-state index contributed by atoms with van der Waals surface area (Å²) >= 11 is 5.69. The minimum absolute atomic E-state index is 0.0164. The Kier molecular flexibility index (Phi) is 14.7. The predicted molar refractivity (Wildman–Crippen MR) is 186 cm³/mol. The number of fused-ring (bicyclic) bond motifs is 1. The number of H-pyrrole nitrogens is 1. The number of hydrogen-bond donors (Lipinski definition) is 7. The van der Waals surface area contributed by atoms with E-state index in [4.69, 9.17) is 23.1 Å². The standard InChI is InChI=1S/C33H42ClN9O7/c1-19(2)14-25(30(46)40-26(17-28(35)44)31(47)39-24(29(36)45)15-20-8-4-3-5-9-20)41-32(48)27(43(42-50)33(49)37-13-12-34)16-21-18-38-23-11-7-6-10-22(21)23/h3-11,18-19,24-27,38H,12-17H2,1-2H3,(H2,35,44)(H2,36,45)(H,37,49)(H,39,47)(H,40,46)(H,41,48)/t24-,25-,26-,27-/m0/s1. The quantitative estimate of drug-likeness (QED) is 0.0541. The van der Waals surface area contributed by atoms with Crippen LogP contribution in [0, 0.1) is 10.8 Å². The van der Waals surface area contributed by atoms with Gasteiger partial charge in [-0.2, -0.15) is 5.01 Å². The van der Waals surface area contributed by atoms with Crippen molar-refractivity contribution in [1.82, 2.24) is 31.3 Å². The fourth-order valence-electron chi connectivity index (χ4n) is 5.27. The molecule has 3 rings (SSSR count). The van der Waals surface area contributed by atoms with Gasteiger partial charge in [0, 0.05) is 42.4 Å². The summed E-state index contributed by atoms with van der Waals surface area (Å²) in [5.41, 5.74) is 13.0. The number of nitrogens with zero attached hydrogens (tertiary/aromatic N) is 2. The van der Waals surface area contributed by atoms with Gasteiger partial charge in [-0.05, 0) is 29.5 Å². The van der Waals surface area contributed by atoms with Gasteiger partial charge in [0.05, 0.1) is 11.7 Å². The van der Waals surface area contributed by atoms with E-state index in [0.717, 1.165) is 10.9 Å². The van der Waals surface area contributed by atoms with Gasteiger partial charge in [0.1, 0.15) is 24.2 Å². The van der Waals surface area contributed by atoms with Crippen LogP contribution in [-0.4, -0.2) is 82.2 Å². The molecule has 50 heavy (non-hydrogen) atoms. The number of halogens is 1. The summed E-state index contributed by atoms with van der Waals surface area (Å²) in [7, 11) is 0. The van der Waals surface area contributed by atoms with Crippen LogP contribution < -0.4 is 32.7 Å². The van der Waals surface area contributed by atoms with Gasteiger partial charge >= 0.3 is 6.03 Å². The molecule has 1 aromatic heterocycles. The maximum Gasteiger partial charge on any atom is 0.341 e. The Bertz CT molecular complexity index is 1670. The van der Waals surface area contributed by atoms with E-state index >= 15 is 0 Å². The molecule has 3 aromatic rings. The van der Waals surface area contributed by atoms with Crippen LogP contribution in [0.1, 0.15) is 37.8 Å². The Labute approximate surface area is 293 Å².